The highest BCUT2D eigenvalue weighted by molar-refractivity contribution is 6.45. The van der Waals surface area contributed by atoms with E-state index in [0.29, 0.717) is 17.2 Å². The number of nitrogens with zero attached hydrogens (tertiary/aromatic N) is 3. The van der Waals surface area contributed by atoms with Crippen molar-refractivity contribution in [2.24, 2.45) is 10.8 Å². The molecule has 1 aromatic carbocycles. The van der Waals surface area contributed by atoms with Crippen LogP contribution < -0.4 is 15.9 Å². The zero-order valence-corrected chi connectivity index (χ0v) is 10.9. The van der Waals surface area contributed by atoms with E-state index in [1.807, 2.05) is 0 Å². The number of nitrogens with one attached hydrogen (secondary N) is 2. The van der Waals surface area contributed by atoms with Crippen LogP contribution in [0, 0.1) is 16.7 Å². The van der Waals surface area contributed by atoms with Gasteiger partial charge in [-0.3, -0.25) is 15.8 Å². The largest absolute Gasteiger partial charge is 0.456 e. The lowest BCUT2D eigenvalue weighted by molar-refractivity contribution is 0.480. The first-order chi connectivity index (χ1) is 10.2. The number of amidine groups is 1. The maximum absolute atomic E-state index is 8.75. The number of nitriles is 1. The van der Waals surface area contributed by atoms with Gasteiger partial charge in [0.1, 0.15) is 17.6 Å². The number of hydrazone groups is 1. The van der Waals surface area contributed by atoms with Crippen LogP contribution in [0.2, 0.25) is 0 Å². The summed E-state index contributed by atoms with van der Waals surface area (Å²) < 4.78 is 5.62. The third kappa shape index (κ3) is 4.04. The zero-order valence-electron chi connectivity index (χ0n) is 10.9. The van der Waals surface area contributed by atoms with Crippen molar-refractivity contribution in [2.75, 3.05) is 5.43 Å². The fourth-order valence-electron chi connectivity index (χ4n) is 1.44. The van der Waals surface area contributed by atoms with Crippen LogP contribution >= 0.6 is 0 Å². The number of pyridine rings is 1. The molecule has 0 aliphatic rings. The SMILES string of the molecule is N#C/C(=N\Nc1cccc(Oc2cccnc2)c1)C(=N)N. The number of hydrogen-bond donors (Lipinski definition) is 3. The summed E-state index contributed by atoms with van der Waals surface area (Å²) in [6.45, 7) is 0. The van der Waals surface area contributed by atoms with Crippen LogP contribution in [0.5, 0.6) is 11.5 Å². The average molecular weight is 280 g/mol. The maximum Gasteiger partial charge on any atom is 0.201 e. The van der Waals surface area contributed by atoms with Gasteiger partial charge in [0.25, 0.3) is 0 Å². The molecule has 7 heteroatoms. The monoisotopic (exact) mass is 280 g/mol. The van der Waals surface area contributed by atoms with E-state index < -0.39 is 5.84 Å². The molecular formula is C14H12N6O. The molecule has 7 nitrogen and oxygen atoms in total. The highest BCUT2D eigenvalue weighted by Crippen LogP contribution is 2.23. The van der Waals surface area contributed by atoms with E-state index in [1.54, 1.807) is 54.9 Å². The quantitative estimate of drug-likeness (QED) is 0.440. The summed E-state index contributed by atoms with van der Waals surface area (Å²) in [6.07, 6.45) is 3.26. The summed E-state index contributed by atoms with van der Waals surface area (Å²) in [4.78, 5) is 3.96. The Bertz CT molecular complexity index is 705. The van der Waals surface area contributed by atoms with Crippen LogP contribution in [0.4, 0.5) is 5.69 Å². The first-order valence-corrected chi connectivity index (χ1v) is 5.95. The van der Waals surface area contributed by atoms with Crippen LogP contribution in [-0.4, -0.2) is 16.5 Å². The molecule has 4 N–H and O–H groups in total. The predicted octanol–water partition coefficient (Wildman–Crippen LogP) is 2.10. The average Bonchev–Trinajstić information content (AvgIpc) is 2.49. The molecule has 0 saturated heterocycles. The fourth-order valence-corrected chi connectivity index (χ4v) is 1.44. The highest BCUT2D eigenvalue weighted by atomic mass is 16.5. The molecule has 2 rings (SSSR count). The predicted molar refractivity (Wildman–Crippen MR) is 79.3 cm³/mol. The van der Waals surface area contributed by atoms with Crippen LogP contribution in [0.3, 0.4) is 0 Å². The topological polar surface area (TPSA) is 120 Å². The number of benzene rings is 1. The number of aromatic nitrogens is 1. The van der Waals surface area contributed by atoms with Crippen molar-refractivity contribution < 1.29 is 4.74 Å². The molecule has 0 radical (unpaired) electrons. The maximum atomic E-state index is 8.75. The highest BCUT2D eigenvalue weighted by Gasteiger charge is 2.02. The number of ether oxygens (including phenoxy) is 1. The second kappa shape index (κ2) is 6.68. The van der Waals surface area contributed by atoms with Crippen LogP contribution in [-0.2, 0) is 0 Å². The summed E-state index contributed by atoms with van der Waals surface area (Å²) in [5.74, 6) is 0.803. The van der Waals surface area contributed by atoms with E-state index >= 15 is 0 Å². The molecule has 0 aliphatic heterocycles. The zero-order chi connectivity index (χ0) is 15.1. The van der Waals surface area contributed by atoms with Gasteiger partial charge in [0.05, 0.1) is 11.9 Å². The summed E-state index contributed by atoms with van der Waals surface area (Å²) in [7, 11) is 0. The minimum absolute atomic E-state index is 0.186. The standard InChI is InChI=1S/C14H12N6O/c15-8-13(14(16)17)20-19-10-3-1-4-11(7-10)21-12-5-2-6-18-9-12/h1-7,9,19H,(H3,16,17)/b20-13+. The third-order valence-corrected chi connectivity index (χ3v) is 2.36. The van der Waals surface area contributed by atoms with Gasteiger partial charge in [-0.1, -0.05) is 6.07 Å². The van der Waals surface area contributed by atoms with Gasteiger partial charge in [0, 0.05) is 12.3 Å². The van der Waals surface area contributed by atoms with Gasteiger partial charge in [0.2, 0.25) is 5.71 Å². The Morgan fingerprint density at radius 1 is 1.33 bits per heavy atom. The lowest BCUT2D eigenvalue weighted by Crippen LogP contribution is -2.21. The Kier molecular flexibility index (Phi) is 4.46. The lowest BCUT2D eigenvalue weighted by atomic mass is 10.3. The first-order valence-electron chi connectivity index (χ1n) is 5.95. The summed E-state index contributed by atoms with van der Waals surface area (Å²) in [6, 6.07) is 12.3. The van der Waals surface area contributed by atoms with E-state index in [1.165, 1.54) is 0 Å². The van der Waals surface area contributed by atoms with Gasteiger partial charge in [-0.2, -0.15) is 10.4 Å². The van der Waals surface area contributed by atoms with Crippen LogP contribution in [0.15, 0.2) is 53.9 Å². The van der Waals surface area contributed by atoms with Gasteiger partial charge in [-0.05, 0) is 24.3 Å². The molecule has 0 unspecified atom stereocenters. The smallest absolute Gasteiger partial charge is 0.201 e. The van der Waals surface area contributed by atoms with Crippen molar-refractivity contribution in [3.05, 3.63) is 48.8 Å². The molecule has 0 fully saturated rings. The van der Waals surface area contributed by atoms with Crippen molar-refractivity contribution in [2.45, 2.75) is 0 Å². The molecule has 1 aromatic heterocycles. The third-order valence-electron chi connectivity index (χ3n) is 2.36. The number of rotatable bonds is 5. The van der Waals surface area contributed by atoms with Gasteiger partial charge in [0.15, 0.2) is 5.84 Å². The van der Waals surface area contributed by atoms with E-state index in [9.17, 15) is 0 Å². The van der Waals surface area contributed by atoms with Crippen molar-refractivity contribution in [1.82, 2.24) is 4.98 Å². The number of hydrogen-bond acceptors (Lipinski definition) is 6. The van der Waals surface area contributed by atoms with Gasteiger partial charge in [-0.15, -0.1) is 0 Å². The minimum atomic E-state index is -0.396. The molecule has 1 heterocycles. The molecular weight excluding hydrogens is 268 g/mol. The summed E-state index contributed by atoms with van der Waals surface area (Å²) >= 11 is 0. The molecule has 0 atom stereocenters. The van der Waals surface area contributed by atoms with Gasteiger partial charge < -0.3 is 10.5 Å². The Labute approximate surface area is 121 Å². The van der Waals surface area contributed by atoms with Crippen molar-refractivity contribution in [3.63, 3.8) is 0 Å². The van der Waals surface area contributed by atoms with E-state index in [2.05, 4.69) is 15.5 Å². The molecule has 2 aromatic rings. The number of anilines is 1. The molecule has 21 heavy (non-hydrogen) atoms. The fraction of sp³-hybridized carbons (Fsp3) is 0. The molecule has 0 spiro atoms. The second-order valence-corrected chi connectivity index (χ2v) is 3.92. The Morgan fingerprint density at radius 3 is 2.81 bits per heavy atom. The molecule has 0 saturated carbocycles. The summed E-state index contributed by atoms with van der Waals surface area (Å²) in [5.41, 5.74) is 8.27. The lowest BCUT2D eigenvalue weighted by Gasteiger charge is -2.07. The first kappa shape index (κ1) is 14.0. The molecule has 0 amide bonds. The molecule has 0 bridgehead atoms. The Balaban J connectivity index is 2.12. The van der Waals surface area contributed by atoms with Crippen LogP contribution in [0.25, 0.3) is 0 Å². The second-order valence-electron chi connectivity index (χ2n) is 3.92. The van der Waals surface area contributed by atoms with Gasteiger partial charge in [-0.25, -0.2) is 0 Å². The Hall–Kier alpha value is -3.40. The van der Waals surface area contributed by atoms with E-state index in [4.69, 9.17) is 21.1 Å². The van der Waals surface area contributed by atoms with E-state index in [-0.39, 0.29) is 5.71 Å². The van der Waals surface area contributed by atoms with Gasteiger partial charge >= 0.3 is 0 Å². The normalized spacial score (nSPS) is 10.5. The van der Waals surface area contributed by atoms with Crippen molar-refractivity contribution >= 4 is 17.2 Å². The van der Waals surface area contributed by atoms with Crippen molar-refractivity contribution in [1.29, 1.82) is 10.7 Å². The Morgan fingerprint density at radius 2 is 2.14 bits per heavy atom. The molecule has 0 aliphatic carbocycles. The van der Waals surface area contributed by atoms with E-state index in [0.717, 1.165) is 0 Å². The number of nitrogens with two attached hydrogens (primary N) is 1. The van der Waals surface area contributed by atoms with Crippen molar-refractivity contribution in [3.8, 4) is 17.6 Å². The minimum Gasteiger partial charge on any atom is -0.456 e. The van der Waals surface area contributed by atoms with Crippen LogP contribution in [0.1, 0.15) is 0 Å². The molecule has 104 valence electrons. The summed E-state index contributed by atoms with van der Waals surface area (Å²) in [5, 5.41) is 19.7.